The third-order valence-electron chi connectivity index (χ3n) is 4.66. The summed E-state index contributed by atoms with van der Waals surface area (Å²) in [4.78, 5) is 4.84. The molecule has 1 heterocycles. The third-order valence-corrected chi connectivity index (χ3v) is 4.66. The molecule has 0 saturated carbocycles. The molecule has 0 atom stereocenters. The topological polar surface area (TPSA) is 12.9 Å². The van der Waals surface area contributed by atoms with Crippen molar-refractivity contribution < 1.29 is 0 Å². The predicted octanol–water partition coefficient (Wildman–Crippen LogP) is 6.84. The highest BCUT2D eigenvalue weighted by Gasteiger charge is 2.21. The Bertz CT molecular complexity index is 855. The fourth-order valence-corrected chi connectivity index (χ4v) is 3.30. The first-order valence-electron chi connectivity index (χ1n) is 9.03. The molecule has 1 heteroatoms. The lowest BCUT2D eigenvalue weighted by atomic mass is 9.81. The molecule has 3 aromatic rings. The Hall–Kier alpha value is -2.41. The average molecular weight is 329 g/mol. The molecule has 3 rings (SSSR count). The molecule has 0 aliphatic rings. The monoisotopic (exact) mass is 329 g/mol. The first kappa shape index (κ1) is 17.4. The second-order valence-corrected chi connectivity index (χ2v) is 7.97. The van der Waals surface area contributed by atoms with E-state index in [1.165, 1.54) is 27.8 Å². The van der Waals surface area contributed by atoms with E-state index in [2.05, 4.69) is 95.3 Å². The summed E-state index contributed by atoms with van der Waals surface area (Å²) in [5.41, 5.74) is 7.49. The van der Waals surface area contributed by atoms with Crippen LogP contribution in [0.1, 0.15) is 51.7 Å². The molecule has 0 saturated heterocycles. The molecule has 1 aromatic heterocycles. The molecule has 0 amide bonds. The second-order valence-electron chi connectivity index (χ2n) is 7.97. The zero-order valence-electron chi connectivity index (χ0n) is 15.9. The highest BCUT2D eigenvalue weighted by Crippen LogP contribution is 2.36. The van der Waals surface area contributed by atoms with Crippen LogP contribution in [0.25, 0.3) is 22.4 Å². The molecule has 1 nitrogen and oxygen atoms in total. The van der Waals surface area contributed by atoms with Crippen LogP contribution >= 0.6 is 0 Å². The fourth-order valence-electron chi connectivity index (χ4n) is 3.30. The van der Waals surface area contributed by atoms with Crippen LogP contribution < -0.4 is 0 Å². The van der Waals surface area contributed by atoms with Gasteiger partial charge in [-0.05, 0) is 34.1 Å². The van der Waals surface area contributed by atoms with Crippen molar-refractivity contribution in [1.82, 2.24) is 4.98 Å². The van der Waals surface area contributed by atoms with E-state index in [1.807, 2.05) is 6.20 Å². The van der Waals surface area contributed by atoms with Gasteiger partial charge in [0.25, 0.3) is 0 Å². The van der Waals surface area contributed by atoms with Crippen LogP contribution in [0.3, 0.4) is 0 Å². The smallest absolute Gasteiger partial charge is 0.0708 e. The van der Waals surface area contributed by atoms with Gasteiger partial charge in [-0.2, -0.15) is 0 Å². The molecule has 0 spiro atoms. The molecular weight excluding hydrogens is 302 g/mol. The molecule has 0 N–H and O–H groups in total. The number of pyridine rings is 1. The van der Waals surface area contributed by atoms with Crippen LogP contribution in [0.5, 0.6) is 0 Å². The summed E-state index contributed by atoms with van der Waals surface area (Å²) in [6.45, 7) is 11.3. The lowest BCUT2D eigenvalue weighted by Gasteiger charge is -2.24. The number of rotatable bonds is 3. The van der Waals surface area contributed by atoms with Gasteiger partial charge in [0.15, 0.2) is 0 Å². The molecule has 0 aliphatic carbocycles. The van der Waals surface area contributed by atoms with Gasteiger partial charge in [-0.15, -0.1) is 0 Å². The van der Waals surface area contributed by atoms with Gasteiger partial charge in [-0.25, -0.2) is 0 Å². The molecular formula is C24H27N. The van der Waals surface area contributed by atoms with Gasteiger partial charge in [-0.1, -0.05) is 89.2 Å². The molecule has 2 aromatic carbocycles. The van der Waals surface area contributed by atoms with Gasteiger partial charge in [0.1, 0.15) is 0 Å². The molecule has 0 unspecified atom stereocenters. The summed E-state index contributed by atoms with van der Waals surface area (Å²) in [6, 6.07) is 21.4. The predicted molar refractivity (Wildman–Crippen MR) is 108 cm³/mol. The Balaban J connectivity index is 2.20. The minimum absolute atomic E-state index is 0.0512. The highest BCUT2D eigenvalue weighted by atomic mass is 14.7. The Morgan fingerprint density at radius 2 is 1.44 bits per heavy atom. The Morgan fingerprint density at radius 1 is 0.800 bits per heavy atom. The Labute approximate surface area is 151 Å². The SMILES string of the molecule is CC(C)c1ccccc1-c1cc(C(C)(C)C)c(-c2ccccc2)cn1. The first-order valence-corrected chi connectivity index (χ1v) is 9.03. The quantitative estimate of drug-likeness (QED) is 0.513. The normalized spacial score (nSPS) is 11.8. The van der Waals surface area contributed by atoms with E-state index in [0.29, 0.717) is 5.92 Å². The van der Waals surface area contributed by atoms with Crippen molar-refractivity contribution in [3.8, 4) is 22.4 Å². The van der Waals surface area contributed by atoms with Crippen molar-refractivity contribution in [2.75, 3.05) is 0 Å². The van der Waals surface area contributed by atoms with Crippen LogP contribution in [0.4, 0.5) is 0 Å². The van der Waals surface area contributed by atoms with Crippen LogP contribution in [0.15, 0.2) is 66.9 Å². The summed E-state index contributed by atoms with van der Waals surface area (Å²) in [6.07, 6.45) is 2.04. The van der Waals surface area contributed by atoms with Crippen molar-refractivity contribution in [2.45, 2.75) is 46.0 Å². The van der Waals surface area contributed by atoms with Crippen molar-refractivity contribution in [3.63, 3.8) is 0 Å². The highest BCUT2D eigenvalue weighted by molar-refractivity contribution is 5.73. The average Bonchev–Trinajstić information content (AvgIpc) is 2.61. The molecule has 0 radical (unpaired) electrons. The van der Waals surface area contributed by atoms with Crippen LogP contribution in [0, 0.1) is 0 Å². The minimum Gasteiger partial charge on any atom is -0.256 e. The van der Waals surface area contributed by atoms with Gasteiger partial charge in [-0.3, -0.25) is 4.98 Å². The summed E-state index contributed by atoms with van der Waals surface area (Å²) < 4.78 is 0. The van der Waals surface area contributed by atoms with Gasteiger partial charge in [0.05, 0.1) is 5.69 Å². The summed E-state index contributed by atoms with van der Waals surface area (Å²) >= 11 is 0. The van der Waals surface area contributed by atoms with Crippen molar-refractivity contribution in [3.05, 3.63) is 78.0 Å². The number of aromatic nitrogens is 1. The van der Waals surface area contributed by atoms with E-state index in [9.17, 15) is 0 Å². The van der Waals surface area contributed by atoms with Gasteiger partial charge in [0, 0.05) is 17.3 Å². The second kappa shape index (κ2) is 6.84. The van der Waals surface area contributed by atoms with Gasteiger partial charge >= 0.3 is 0 Å². The van der Waals surface area contributed by atoms with E-state index in [0.717, 1.165) is 5.69 Å². The van der Waals surface area contributed by atoms with E-state index in [-0.39, 0.29) is 5.41 Å². The number of hydrogen-bond acceptors (Lipinski definition) is 1. The van der Waals surface area contributed by atoms with E-state index >= 15 is 0 Å². The Kier molecular flexibility index (Phi) is 4.76. The Morgan fingerprint density at radius 3 is 2.08 bits per heavy atom. The molecule has 128 valence electrons. The van der Waals surface area contributed by atoms with Crippen LogP contribution in [-0.2, 0) is 5.41 Å². The van der Waals surface area contributed by atoms with Crippen LogP contribution in [0.2, 0.25) is 0 Å². The maximum Gasteiger partial charge on any atom is 0.0708 e. The largest absolute Gasteiger partial charge is 0.256 e. The summed E-state index contributed by atoms with van der Waals surface area (Å²) in [5, 5.41) is 0. The molecule has 0 bridgehead atoms. The van der Waals surface area contributed by atoms with E-state index < -0.39 is 0 Å². The summed E-state index contributed by atoms with van der Waals surface area (Å²) in [5.74, 6) is 0.477. The van der Waals surface area contributed by atoms with Crippen molar-refractivity contribution >= 4 is 0 Å². The third kappa shape index (κ3) is 3.66. The fraction of sp³-hybridized carbons (Fsp3) is 0.292. The van der Waals surface area contributed by atoms with Crippen LogP contribution in [-0.4, -0.2) is 4.98 Å². The van der Waals surface area contributed by atoms with E-state index in [1.54, 1.807) is 0 Å². The first-order chi connectivity index (χ1) is 11.9. The summed E-state index contributed by atoms with van der Waals surface area (Å²) in [7, 11) is 0. The van der Waals surface area contributed by atoms with Crippen molar-refractivity contribution in [2.24, 2.45) is 0 Å². The van der Waals surface area contributed by atoms with Crippen molar-refractivity contribution in [1.29, 1.82) is 0 Å². The number of nitrogens with zero attached hydrogens (tertiary/aromatic N) is 1. The molecule has 0 aliphatic heterocycles. The van der Waals surface area contributed by atoms with Gasteiger partial charge < -0.3 is 0 Å². The minimum atomic E-state index is 0.0512. The van der Waals surface area contributed by atoms with E-state index in [4.69, 9.17) is 4.98 Å². The molecule has 25 heavy (non-hydrogen) atoms. The maximum atomic E-state index is 4.84. The lowest BCUT2D eigenvalue weighted by Crippen LogP contribution is -2.13. The van der Waals surface area contributed by atoms with Gasteiger partial charge in [0.2, 0.25) is 0 Å². The standard InChI is InChI=1S/C24H27N/c1-17(2)19-13-9-10-14-20(19)23-15-22(24(3,4)5)21(16-25-23)18-11-7-6-8-12-18/h6-17H,1-5H3. The number of hydrogen-bond donors (Lipinski definition) is 0. The maximum absolute atomic E-state index is 4.84. The zero-order chi connectivity index (χ0) is 18.0. The lowest BCUT2D eigenvalue weighted by molar-refractivity contribution is 0.591. The number of benzene rings is 2. The zero-order valence-corrected chi connectivity index (χ0v) is 15.9. The molecule has 0 fully saturated rings.